The van der Waals surface area contributed by atoms with Crippen LogP contribution in [0.2, 0.25) is 0 Å². The number of hydrogen-bond donors (Lipinski definition) is 0. The minimum Gasteiger partial charge on any atom is -0.337 e. The number of carbonyl (C=O) groups is 1. The summed E-state index contributed by atoms with van der Waals surface area (Å²) < 4.78 is 18.3. The van der Waals surface area contributed by atoms with E-state index >= 15 is 0 Å². The maximum atomic E-state index is 13.0. The normalized spacial score (nSPS) is 16.5. The van der Waals surface area contributed by atoms with Gasteiger partial charge in [0.2, 0.25) is 0 Å². The molecule has 144 valence electrons. The van der Waals surface area contributed by atoms with Gasteiger partial charge in [-0.05, 0) is 61.6 Å². The van der Waals surface area contributed by atoms with Gasteiger partial charge in [-0.3, -0.25) is 9.78 Å². The first-order valence-electron chi connectivity index (χ1n) is 9.39. The molecule has 7 heteroatoms. The van der Waals surface area contributed by atoms with E-state index in [9.17, 15) is 9.18 Å². The Morgan fingerprint density at radius 2 is 2.11 bits per heavy atom. The molecular weight excluding hydrogens is 359 g/mol. The van der Waals surface area contributed by atoms with Gasteiger partial charge in [-0.2, -0.15) is 4.98 Å². The number of hydrogen-bond acceptors (Lipinski definition) is 5. The van der Waals surface area contributed by atoms with Gasteiger partial charge in [0.25, 0.3) is 11.8 Å². The van der Waals surface area contributed by atoms with Crippen LogP contribution >= 0.6 is 0 Å². The second kappa shape index (κ2) is 7.88. The second-order valence-electron chi connectivity index (χ2n) is 7.14. The van der Waals surface area contributed by atoms with E-state index in [2.05, 4.69) is 15.1 Å². The summed E-state index contributed by atoms with van der Waals surface area (Å²) in [5, 5.41) is 4.02. The van der Waals surface area contributed by atoms with Crippen molar-refractivity contribution in [1.29, 1.82) is 0 Å². The first kappa shape index (κ1) is 18.3. The van der Waals surface area contributed by atoms with Crippen LogP contribution in [0.4, 0.5) is 4.39 Å². The van der Waals surface area contributed by atoms with Crippen LogP contribution in [-0.2, 0) is 6.42 Å². The van der Waals surface area contributed by atoms with Crippen molar-refractivity contribution in [2.24, 2.45) is 5.92 Å². The highest BCUT2D eigenvalue weighted by Crippen LogP contribution is 2.24. The number of aromatic nitrogens is 3. The summed E-state index contributed by atoms with van der Waals surface area (Å²) in [6, 6.07) is 9.71. The molecule has 1 amide bonds. The molecule has 1 fully saturated rings. The minimum atomic E-state index is -0.301. The Bertz CT molecular complexity index is 971. The molecule has 1 aromatic carbocycles. The number of halogens is 1. The Morgan fingerprint density at radius 3 is 2.89 bits per heavy atom. The van der Waals surface area contributed by atoms with Crippen LogP contribution < -0.4 is 0 Å². The lowest BCUT2D eigenvalue weighted by Crippen LogP contribution is -2.30. The molecule has 6 nitrogen and oxygen atoms in total. The zero-order valence-corrected chi connectivity index (χ0v) is 15.6. The molecule has 0 N–H and O–H groups in total. The van der Waals surface area contributed by atoms with E-state index in [-0.39, 0.29) is 11.7 Å². The van der Waals surface area contributed by atoms with E-state index in [0.29, 0.717) is 35.3 Å². The maximum Gasteiger partial charge on any atom is 0.272 e. The van der Waals surface area contributed by atoms with Gasteiger partial charge in [0.1, 0.15) is 11.5 Å². The second-order valence-corrected chi connectivity index (χ2v) is 7.14. The summed E-state index contributed by atoms with van der Waals surface area (Å²) in [6.07, 6.45) is 4.18. The molecule has 0 saturated carbocycles. The number of likely N-dealkylation sites (tertiary alicyclic amines) is 1. The average molecular weight is 380 g/mol. The molecule has 28 heavy (non-hydrogen) atoms. The number of carbonyl (C=O) groups excluding carboxylic acids is 1. The number of amides is 1. The summed E-state index contributed by atoms with van der Waals surface area (Å²) in [5.74, 6) is 1.12. The maximum absolute atomic E-state index is 13.0. The predicted molar refractivity (Wildman–Crippen MR) is 101 cm³/mol. The van der Waals surface area contributed by atoms with Crippen molar-refractivity contribution in [3.63, 3.8) is 0 Å². The van der Waals surface area contributed by atoms with E-state index in [0.717, 1.165) is 31.5 Å². The third-order valence-corrected chi connectivity index (χ3v) is 5.12. The fourth-order valence-corrected chi connectivity index (χ4v) is 3.51. The zero-order chi connectivity index (χ0) is 19.5. The van der Waals surface area contributed by atoms with Crippen LogP contribution in [0.25, 0.3) is 11.5 Å². The smallest absolute Gasteiger partial charge is 0.272 e. The van der Waals surface area contributed by atoms with Gasteiger partial charge in [-0.1, -0.05) is 11.2 Å². The topological polar surface area (TPSA) is 72.1 Å². The molecule has 2 aromatic heterocycles. The fraction of sp³-hybridized carbons (Fsp3) is 0.333. The van der Waals surface area contributed by atoms with Gasteiger partial charge in [0.15, 0.2) is 5.82 Å². The molecule has 1 saturated heterocycles. The quantitative estimate of drug-likeness (QED) is 0.675. The van der Waals surface area contributed by atoms with Crippen LogP contribution in [0, 0.1) is 18.7 Å². The zero-order valence-electron chi connectivity index (χ0n) is 15.6. The average Bonchev–Trinajstić information content (AvgIpc) is 3.36. The molecule has 4 rings (SSSR count). The number of benzene rings is 1. The molecular formula is C21H21FN4O2. The van der Waals surface area contributed by atoms with Crippen LogP contribution in [0.15, 0.2) is 47.1 Å². The SMILES string of the molecule is Cc1cccnc1C(=O)N1CCC(CCc2noc(-c3ccc(F)cc3)n2)C1. The fourth-order valence-electron chi connectivity index (χ4n) is 3.51. The highest BCUT2D eigenvalue weighted by atomic mass is 19.1. The highest BCUT2D eigenvalue weighted by molar-refractivity contribution is 5.93. The van der Waals surface area contributed by atoms with Crippen LogP contribution in [0.5, 0.6) is 0 Å². The van der Waals surface area contributed by atoms with Crippen molar-refractivity contribution in [2.45, 2.75) is 26.2 Å². The highest BCUT2D eigenvalue weighted by Gasteiger charge is 2.28. The number of rotatable bonds is 5. The van der Waals surface area contributed by atoms with E-state index < -0.39 is 0 Å². The Labute approximate surface area is 162 Å². The molecule has 0 spiro atoms. The molecule has 0 radical (unpaired) electrons. The summed E-state index contributed by atoms with van der Waals surface area (Å²) in [7, 11) is 0. The van der Waals surface area contributed by atoms with E-state index in [4.69, 9.17) is 4.52 Å². The van der Waals surface area contributed by atoms with Gasteiger partial charge in [-0.25, -0.2) is 4.39 Å². The Morgan fingerprint density at radius 1 is 1.29 bits per heavy atom. The van der Waals surface area contributed by atoms with Crippen LogP contribution in [-0.4, -0.2) is 39.0 Å². The van der Waals surface area contributed by atoms with Gasteiger partial charge >= 0.3 is 0 Å². The van der Waals surface area contributed by atoms with Gasteiger partial charge in [-0.15, -0.1) is 0 Å². The summed E-state index contributed by atoms with van der Waals surface area (Å²) in [6.45, 7) is 3.37. The Hall–Kier alpha value is -3.09. The van der Waals surface area contributed by atoms with Crippen molar-refractivity contribution < 1.29 is 13.7 Å². The first-order valence-corrected chi connectivity index (χ1v) is 9.39. The lowest BCUT2D eigenvalue weighted by Gasteiger charge is -2.16. The molecule has 1 aliphatic heterocycles. The van der Waals surface area contributed by atoms with Crippen molar-refractivity contribution in [2.75, 3.05) is 13.1 Å². The van der Waals surface area contributed by atoms with Crippen molar-refractivity contribution >= 4 is 5.91 Å². The third-order valence-electron chi connectivity index (χ3n) is 5.12. The van der Waals surface area contributed by atoms with Gasteiger partial charge < -0.3 is 9.42 Å². The van der Waals surface area contributed by atoms with Gasteiger partial charge in [0.05, 0.1) is 0 Å². The molecule has 0 bridgehead atoms. The third kappa shape index (κ3) is 3.93. The summed E-state index contributed by atoms with van der Waals surface area (Å²) in [5.41, 5.74) is 2.13. The van der Waals surface area contributed by atoms with Gasteiger partial charge in [0, 0.05) is 31.3 Å². The van der Waals surface area contributed by atoms with E-state index in [1.807, 2.05) is 24.0 Å². The standard InChI is InChI=1S/C21H21FN4O2/c1-14-3-2-11-23-19(14)21(27)26-12-10-15(13-26)4-9-18-24-20(28-25-18)16-5-7-17(22)8-6-16/h2-3,5-8,11,15H,4,9-10,12-13H2,1H3. The number of nitrogens with zero attached hydrogens (tertiary/aromatic N) is 4. The molecule has 1 atom stereocenters. The molecule has 3 heterocycles. The minimum absolute atomic E-state index is 0.00115. The van der Waals surface area contributed by atoms with Crippen molar-refractivity contribution in [1.82, 2.24) is 20.0 Å². The van der Waals surface area contributed by atoms with Crippen LogP contribution in [0.1, 0.15) is 34.7 Å². The largest absolute Gasteiger partial charge is 0.337 e. The van der Waals surface area contributed by atoms with Crippen LogP contribution in [0.3, 0.4) is 0 Å². The molecule has 3 aromatic rings. The Balaban J connectivity index is 1.32. The lowest BCUT2D eigenvalue weighted by molar-refractivity contribution is 0.0780. The predicted octanol–water partition coefficient (Wildman–Crippen LogP) is 3.67. The monoisotopic (exact) mass is 380 g/mol. The number of aryl methyl sites for hydroxylation is 2. The van der Waals surface area contributed by atoms with E-state index in [1.54, 1.807) is 18.3 Å². The number of pyridine rings is 1. The van der Waals surface area contributed by atoms with Crippen molar-refractivity contribution in [3.8, 4) is 11.5 Å². The Kier molecular flexibility index (Phi) is 5.14. The summed E-state index contributed by atoms with van der Waals surface area (Å²) in [4.78, 5) is 23.2. The molecule has 1 aliphatic rings. The van der Waals surface area contributed by atoms with E-state index in [1.165, 1.54) is 12.1 Å². The molecule has 0 aliphatic carbocycles. The first-order chi connectivity index (χ1) is 13.6. The van der Waals surface area contributed by atoms with Crippen molar-refractivity contribution in [3.05, 3.63) is 65.5 Å². The molecule has 1 unspecified atom stereocenters. The lowest BCUT2D eigenvalue weighted by atomic mass is 10.0. The summed E-state index contributed by atoms with van der Waals surface area (Å²) >= 11 is 0.